The highest BCUT2D eigenvalue weighted by Crippen LogP contribution is 2.30. The molecular weight excluding hydrogens is 340 g/mol. The van der Waals surface area contributed by atoms with E-state index in [1.165, 1.54) is 6.42 Å². The van der Waals surface area contributed by atoms with E-state index in [1.807, 2.05) is 29.3 Å². The van der Waals surface area contributed by atoms with Crippen LogP contribution in [-0.2, 0) is 19.4 Å². The first kappa shape index (κ1) is 16.7. The molecule has 0 radical (unpaired) electrons. The smallest absolute Gasteiger partial charge is 0.254 e. The minimum Gasteiger partial charge on any atom is -0.490 e. The Kier molecular flexibility index (Phi) is 4.08. The molecule has 1 amide bonds. The third kappa shape index (κ3) is 3.08. The normalized spacial score (nSPS) is 23.7. The summed E-state index contributed by atoms with van der Waals surface area (Å²) < 4.78 is 5.74. The number of nitrogens with zero attached hydrogens (tertiary/aromatic N) is 3. The molecule has 4 heterocycles. The van der Waals surface area contributed by atoms with Crippen LogP contribution in [0.1, 0.15) is 58.8 Å². The lowest BCUT2D eigenvalue weighted by Gasteiger charge is -2.28. The predicted octanol–water partition coefficient (Wildman–Crippen LogP) is 2.42. The van der Waals surface area contributed by atoms with Gasteiger partial charge in [-0.1, -0.05) is 0 Å². The fraction of sp³-hybridized carbons (Fsp3) is 0.476. The molecule has 0 spiro atoms. The van der Waals surface area contributed by atoms with E-state index in [2.05, 4.69) is 17.2 Å². The van der Waals surface area contributed by atoms with Gasteiger partial charge in [0.25, 0.3) is 5.91 Å². The molecule has 2 aromatic rings. The Morgan fingerprint density at radius 1 is 1.33 bits per heavy atom. The van der Waals surface area contributed by atoms with Gasteiger partial charge in [0.15, 0.2) is 0 Å². The van der Waals surface area contributed by atoms with Gasteiger partial charge in [-0.05, 0) is 50.1 Å². The molecule has 5 rings (SSSR count). The first-order valence-electron chi connectivity index (χ1n) is 9.84. The highest BCUT2D eigenvalue weighted by Gasteiger charge is 2.27. The maximum atomic E-state index is 13.0. The summed E-state index contributed by atoms with van der Waals surface area (Å²) in [7, 11) is 0. The molecule has 140 valence electrons. The van der Waals surface area contributed by atoms with Gasteiger partial charge >= 0.3 is 0 Å². The third-order valence-electron chi connectivity index (χ3n) is 5.75. The van der Waals surface area contributed by atoms with Gasteiger partial charge < -0.3 is 15.0 Å². The van der Waals surface area contributed by atoms with Crippen molar-refractivity contribution in [3.63, 3.8) is 0 Å². The number of rotatable bonds is 2. The van der Waals surface area contributed by atoms with Gasteiger partial charge in [-0.3, -0.25) is 4.79 Å². The Morgan fingerprint density at radius 2 is 2.26 bits per heavy atom. The van der Waals surface area contributed by atoms with E-state index in [-0.39, 0.29) is 18.1 Å². The van der Waals surface area contributed by atoms with Gasteiger partial charge in [-0.15, -0.1) is 0 Å². The lowest BCUT2D eigenvalue weighted by molar-refractivity contribution is 0.0733. The molecule has 0 unspecified atom stereocenters. The maximum Gasteiger partial charge on any atom is 0.254 e. The summed E-state index contributed by atoms with van der Waals surface area (Å²) >= 11 is 0. The standard InChI is InChI=1S/C21H24N4O2/c1-13-9-15-10-14(4-5-19(15)27-13)21(26)25-8-6-17-16(12-25)11-23-20(24-17)18-3-2-7-22-18/h4-5,10-11,13,18,22H,2-3,6-9,12H2,1H3/t13-,18+/m0/s1. The summed E-state index contributed by atoms with van der Waals surface area (Å²) in [4.78, 5) is 24.3. The maximum absolute atomic E-state index is 13.0. The zero-order chi connectivity index (χ0) is 18.4. The first-order chi connectivity index (χ1) is 13.2. The Bertz CT molecular complexity index is 892. The zero-order valence-corrected chi connectivity index (χ0v) is 15.6. The number of carbonyl (C=O) groups is 1. The number of hydrogen-bond acceptors (Lipinski definition) is 5. The van der Waals surface area contributed by atoms with Crippen molar-refractivity contribution in [3.8, 4) is 5.75 Å². The quantitative estimate of drug-likeness (QED) is 0.886. The number of benzene rings is 1. The fourth-order valence-corrected chi connectivity index (χ4v) is 4.32. The second-order valence-corrected chi connectivity index (χ2v) is 7.78. The molecule has 0 bridgehead atoms. The van der Waals surface area contributed by atoms with Crippen molar-refractivity contribution in [2.24, 2.45) is 0 Å². The molecule has 0 aliphatic carbocycles. The van der Waals surface area contributed by atoms with E-state index in [4.69, 9.17) is 9.72 Å². The van der Waals surface area contributed by atoms with Crippen LogP contribution in [0.15, 0.2) is 24.4 Å². The molecule has 1 aromatic carbocycles. The van der Waals surface area contributed by atoms with Crippen LogP contribution in [0.3, 0.4) is 0 Å². The zero-order valence-electron chi connectivity index (χ0n) is 15.6. The molecule has 1 aromatic heterocycles. The summed E-state index contributed by atoms with van der Waals surface area (Å²) in [5.41, 5.74) is 4.02. The summed E-state index contributed by atoms with van der Waals surface area (Å²) in [6.45, 7) is 4.37. The molecule has 3 aliphatic rings. The highest BCUT2D eigenvalue weighted by atomic mass is 16.5. The van der Waals surface area contributed by atoms with Crippen LogP contribution in [0.5, 0.6) is 5.75 Å². The van der Waals surface area contributed by atoms with Gasteiger partial charge in [0, 0.05) is 43.3 Å². The molecule has 1 N–H and O–H groups in total. The van der Waals surface area contributed by atoms with E-state index in [0.717, 1.165) is 59.8 Å². The van der Waals surface area contributed by atoms with Crippen molar-refractivity contribution < 1.29 is 9.53 Å². The monoisotopic (exact) mass is 364 g/mol. The lowest BCUT2D eigenvalue weighted by atomic mass is 10.0. The van der Waals surface area contributed by atoms with Crippen molar-refractivity contribution in [3.05, 3.63) is 52.6 Å². The van der Waals surface area contributed by atoms with Gasteiger partial charge in [0.05, 0.1) is 11.7 Å². The van der Waals surface area contributed by atoms with Crippen LogP contribution in [0, 0.1) is 0 Å². The van der Waals surface area contributed by atoms with E-state index < -0.39 is 0 Å². The van der Waals surface area contributed by atoms with Crippen molar-refractivity contribution in [1.29, 1.82) is 0 Å². The molecule has 2 atom stereocenters. The van der Waals surface area contributed by atoms with E-state index >= 15 is 0 Å². The van der Waals surface area contributed by atoms with Crippen molar-refractivity contribution in [2.75, 3.05) is 13.1 Å². The van der Waals surface area contributed by atoms with Gasteiger partial charge in [-0.25, -0.2) is 9.97 Å². The molecule has 6 nitrogen and oxygen atoms in total. The number of hydrogen-bond donors (Lipinski definition) is 1. The highest BCUT2D eigenvalue weighted by molar-refractivity contribution is 5.94. The second-order valence-electron chi connectivity index (χ2n) is 7.78. The Labute approximate surface area is 159 Å². The fourth-order valence-electron chi connectivity index (χ4n) is 4.32. The van der Waals surface area contributed by atoms with Gasteiger partial charge in [-0.2, -0.15) is 0 Å². The van der Waals surface area contributed by atoms with Crippen LogP contribution in [0.4, 0.5) is 0 Å². The number of ether oxygens (including phenoxy) is 1. The van der Waals surface area contributed by atoms with Crippen LogP contribution in [-0.4, -0.2) is 40.0 Å². The number of aromatic nitrogens is 2. The number of fused-ring (bicyclic) bond motifs is 2. The van der Waals surface area contributed by atoms with E-state index in [0.29, 0.717) is 13.1 Å². The number of nitrogens with one attached hydrogen (secondary N) is 1. The average Bonchev–Trinajstić information content (AvgIpc) is 3.34. The molecule has 1 saturated heterocycles. The number of amides is 1. The largest absolute Gasteiger partial charge is 0.490 e. The topological polar surface area (TPSA) is 67.4 Å². The predicted molar refractivity (Wildman–Crippen MR) is 101 cm³/mol. The van der Waals surface area contributed by atoms with Crippen LogP contribution < -0.4 is 10.1 Å². The Hall–Kier alpha value is -2.47. The van der Waals surface area contributed by atoms with E-state index in [1.54, 1.807) is 0 Å². The van der Waals surface area contributed by atoms with Crippen molar-refractivity contribution in [2.45, 2.75) is 51.3 Å². The SMILES string of the molecule is C[C@H]1Cc2cc(C(=O)N3CCc4nc([C@H]5CCCN5)ncc4C3)ccc2O1. The third-order valence-corrected chi connectivity index (χ3v) is 5.75. The lowest BCUT2D eigenvalue weighted by Crippen LogP contribution is -2.36. The average molecular weight is 364 g/mol. The Balaban J connectivity index is 1.33. The summed E-state index contributed by atoms with van der Waals surface area (Å²) in [5.74, 6) is 1.88. The minimum absolute atomic E-state index is 0.0736. The second kappa shape index (κ2) is 6.60. The summed E-state index contributed by atoms with van der Waals surface area (Å²) in [5, 5.41) is 3.45. The molecule has 6 heteroatoms. The summed E-state index contributed by atoms with van der Waals surface area (Å²) in [6, 6.07) is 6.07. The number of carbonyl (C=O) groups excluding carboxylic acids is 1. The molecule has 1 fully saturated rings. The minimum atomic E-state index is 0.0736. The van der Waals surface area contributed by atoms with Gasteiger partial charge in [0.2, 0.25) is 0 Å². The summed E-state index contributed by atoms with van der Waals surface area (Å²) in [6.07, 6.45) is 6.03. The van der Waals surface area contributed by atoms with Gasteiger partial charge in [0.1, 0.15) is 17.7 Å². The Morgan fingerprint density at radius 3 is 3.11 bits per heavy atom. The molecular formula is C21H24N4O2. The molecule has 27 heavy (non-hydrogen) atoms. The van der Waals surface area contributed by atoms with Crippen LogP contribution in [0.2, 0.25) is 0 Å². The van der Waals surface area contributed by atoms with Crippen molar-refractivity contribution in [1.82, 2.24) is 20.2 Å². The first-order valence-corrected chi connectivity index (χ1v) is 9.84. The van der Waals surface area contributed by atoms with Crippen molar-refractivity contribution >= 4 is 5.91 Å². The van der Waals surface area contributed by atoms with Crippen LogP contribution in [0.25, 0.3) is 0 Å². The van der Waals surface area contributed by atoms with E-state index in [9.17, 15) is 4.79 Å². The van der Waals surface area contributed by atoms with Crippen LogP contribution >= 0.6 is 0 Å². The molecule has 0 saturated carbocycles. The molecule has 3 aliphatic heterocycles.